The van der Waals surface area contributed by atoms with E-state index in [0.29, 0.717) is 31.1 Å². The van der Waals surface area contributed by atoms with E-state index in [1.54, 1.807) is 19.2 Å². The molecule has 0 aliphatic carbocycles. The lowest BCUT2D eigenvalue weighted by molar-refractivity contribution is 0.108. The largest absolute Gasteiger partial charge is 0.378 e. The van der Waals surface area contributed by atoms with Crippen molar-refractivity contribution in [3.05, 3.63) is 59.7 Å². The van der Waals surface area contributed by atoms with Crippen molar-refractivity contribution in [1.29, 1.82) is 0 Å². The summed E-state index contributed by atoms with van der Waals surface area (Å²) in [5.74, 6) is 0.838. The predicted octanol–water partition coefficient (Wildman–Crippen LogP) is 2.50. The van der Waals surface area contributed by atoms with Gasteiger partial charge < -0.3 is 20.3 Å². The van der Waals surface area contributed by atoms with Crippen molar-refractivity contribution in [2.45, 2.75) is 30.5 Å². The van der Waals surface area contributed by atoms with Crippen LogP contribution in [0.15, 0.2) is 53.4 Å². The highest BCUT2D eigenvalue weighted by Crippen LogP contribution is 2.34. The Labute approximate surface area is 188 Å². The van der Waals surface area contributed by atoms with Crippen LogP contribution in [-0.2, 0) is 21.1 Å². The zero-order chi connectivity index (χ0) is 22.5. The molecule has 2 aromatic carbocycles. The molecule has 32 heavy (non-hydrogen) atoms. The standard InChI is InChI=1S/C24H28N4O3S/c1-16-7-8-20-18(11-16)21(28-14-19(25)22(15-28)31-2)12-24(26-20)27-9-10-32(29,30)23-6-4-3-5-17(23)13-27/h3-8,11-12,19,22H,9-10,13-15,25H2,1-2H3. The molecule has 2 aliphatic rings. The summed E-state index contributed by atoms with van der Waals surface area (Å²) in [4.78, 5) is 9.68. The number of hydrogen-bond donors (Lipinski definition) is 1. The second-order valence-corrected chi connectivity index (χ2v) is 10.8. The van der Waals surface area contributed by atoms with Gasteiger partial charge in [-0.05, 0) is 30.7 Å². The van der Waals surface area contributed by atoms with Gasteiger partial charge in [0.2, 0.25) is 0 Å². The van der Waals surface area contributed by atoms with E-state index in [1.807, 2.05) is 18.2 Å². The first kappa shape index (κ1) is 21.2. The molecule has 1 fully saturated rings. The van der Waals surface area contributed by atoms with Gasteiger partial charge in [-0.15, -0.1) is 0 Å². The Morgan fingerprint density at radius 3 is 2.69 bits per heavy atom. The van der Waals surface area contributed by atoms with Gasteiger partial charge in [-0.3, -0.25) is 0 Å². The maximum Gasteiger partial charge on any atom is 0.180 e. The molecule has 2 N–H and O–H groups in total. The topological polar surface area (TPSA) is 88.8 Å². The van der Waals surface area contributed by atoms with Gasteiger partial charge in [0.15, 0.2) is 9.84 Å². The molecule has 1 saturated heterocycles. The minimum absolute atomic E-state index is 0.0262. The highest BCUT2D eigenvalue weighted by Gasteiger charge is 2.32. The first-order valence-electron chi connectivity index (χ1n) is 10.9. The average Bonchev–Trinajstić information content (AvgIpc) is 3.09. The fourth-order valence-corrected chi connectivity index (χ4v) is 6.23. The van der Waals surface area contributed by atoms with E-state index in [-0.39, 0.29) is 17.9 Å². The van der Waals surface area contributed by atoms with Crippen LogP contribution in [0.4, 0.5) is 11.5 Å². The molecule has 0 saturated carbocycles. The molecular weight excluding hydrogens is 424 g/mol. The zero-order valence-electron chi connectivity index (χ0n) is 18.4. The Kier molecular flexibility index (Phi) is 5.31. The maximum atomic E-state index is 12.8. The van der Waals surface area contributed by atoms with Crippen LogP contribution in [-0.4, -0.2) is 58.0 Å². The first-order chi connectivity index (χ1) is 15.4. The first-order valence-corrected chi connectivity index (χ1v) is 12.5. The van der Waals surface area contributed by atoms with Crippen LogP contribution in [0.1, 0.15) is 11.1 Å². The molecule has 1 aromatic heterocycles. The average molecular weight is 453 g/mol. The Hall–Kier alpha value is -2.68. The highest BCUT2D eigenvalue weighted by atomic mass is 32.2. The van der Waals surface area contributed by atoms with E-state index < -0.39 is 9.84 Å². The van der Waals surface area contributed by atoms with Crippen LogP contribution in [0.5, 0.6) is 0 Å². The molecule has 3 aromatic rings. The lowest BCUT2D eigenvalue weighted by Gasteiger charge is -2.26. The number of anilines is 2. The summed E-state index contributed by atoms with van der Waals surface area (Å²) in [6.45, 7) is 4.37. The van der Waals surface area contributed by atoms with Crippen molar-refractivity contribution in [3.8, 4) is 0 Å². The van der Waals surface area contributed by atoms with Crippen molar-refractivity contribution < 1.29 is 13.2 Å². The van der Waals surface area contributed by atoms with Gasteiger partial charge >= 0.3 is 0 Å². The third kappa shape index (κ3) is 3.72. The van der Waals surface area contributed by atoms with Gasteiger partial charge in [0.05, 0.1) is 28.3 Å². The van der Waals surface area contributed by atoms with E-state index >= 15 is 0 Å². The number of rotatable bonds is 3. The fourth-order valence-electron chi connectivity index (χ4n) is 4.74. The van der Waals surface area contributed by atoms with Crippen LogP contribution in [0.3, 0.4) is 0 Å². The number of aryl methyl sites for hydroxylation is 1. The number of benzene rings is 2. The number of ether oxygens (including phenoxy) is 1. The number of methoxy groups -OCH3 is 1. The molecule has 8 heteroatoms. The maximum absolute atomic E-state index is 12.8. The third-order valence-corrected chi connectivity index (χ3v) is 8.29. The number of hydrogen-bond acceptors (Lipinski definition) is 7. The highest BCUT2D eigenvalue weighted by molar-refractivity contribution is 7.91. The van der Waals surface area contributed by atoms with Gasteiger partial charge in [0, 0.05) is 50.4 Å². The fraction of sp³-hybridized carbons (Fsp3) is 0.375. The molecule has 2 unspecified atom stereocenters. The number of pyridine rings is 1. The molecule has 3 heterocycles. The Morgan fingerprint density at radius 1 is 1.09 bits per heavy atom. The quantitative estimate of drug-likeness (QED) is 0.653. The summed E-state index contributed by atoms with van der Waals surface area (Å²) in [6.07, 6.45) is -0.0262. The van der Waals surface area contributed by atoms with Crippen molar-refractivity contribution >= 4 is 32.2 Å². The second-order valence-electron chi connectivity index (χ2n) is 8.71. The third-order valence-electron chi connectivity index (χ3n) is 6.50. The molecular formula is C24H28N4O3S. The van der Waals surface area contributed by atoms with Crippen LogP contribution >= 0.6 is 0 Å². The summed E-state index contributed by atoms with van der Waals surface area (Å²) >= 11 is 0. The summed E-state index contributed by atoms with van der Waals surface area (Å²) in [5.41, 5.74) is 10.2. The Morgan fingerprint density at radius 2 is 1.91 bits per heavy atom. The Balaban J connectivity index is 1.60. The van der Waals surface area contributed by atoms with Crippen molar-refractivity contribution in [2.75, 3.05) is 42.3 Å². The van der Waals surface area contributed by atoms with Gasteiger partial charge in [-0.25, -0.2) is 13.4 Å². The molecule has 2 aliphatic heterocycles. The smallest absolute Gasteiger partial charge is 0.180 e. The van der Waals surface area contributed by atoms with Gasteiger partial charge in [-0.1, -0.05) is 29.8 Å². The number of aromatic nitrogens is 1. The zero-order valence-corrected chi connectivity index (χ0v) is 19.2. The number of sulfone groups is 1. The Bertz CT molecular complexity index is 1280. The van der Waals surface area contributed by atoms with Gasteiger partial charge in [-0.2, -0.15) is 0 Å². The minimum Gasteiger partial charge on any atom is -0.378 e. The van der Waals surface area contributed by atoms with Crippen LogP contribution < -0.4 is 15.5 Å². The predicted molar refractivity (Wildman–Crippen MR) is 127 cm³/mol. The normalized spacial score (nSPS) is 22.7. The summed E-state index contributed by atoms with van der Waals surface area (Å²) in [5, 5.41) is 1.07. The van der Waals surface area contributed by atoms with E-state index in [2.05, 4.69) is 34.9 Å². The van der Waals surface area contributed by atoms with Crippen LogP contribution in [0, 0.1) is 6.92 Å². The van der Waals surface area contributed by atoms with Gasteiger partial charge in [0.1, 0.15) is 5.82 Å². The molecule has 0 bridgehead atoms. The molecule has 7 nitrogen and oxygen atoms in total. The van der Waals surface area contributed by atoms with E-state index in [1.165, 1.54) is 0 Å². The molecule has 0 radical (unpaired) electrons. The van der Waals surface area contributed by atoms with Crippen LogP contribution in [0.2, 0.25) is 0 Å². The number of nitrogens with zero attached hydrogens (tertiary/aromatic N) is 3. The molecule has 2 atom stereocenters. The van der Waals surface area contributed by atoms with Crippen molar-refractivity contribution in [3.63, 3.8) is 0 Å². The summed E-state index contributed by atoms with van der Waals surface area (Å²) in [7, 11) is -1.63. The van der Waals surface area contributed by atoms with Gasteiger partial charge in [0.25, 0.3) is 0 Å². The molecule has 5 rings (SSSR count). The summed E-state index contributed by atoms with van der Waals surface area (Å²) < 4.78 is 31.2. The lowest BCUT2D eigenvalue weighted by atomic mass is 10.1. The van der Waals surface area contributed by atoms with Crippen LogP contribution in [0.25, 0.3) is 10.9 Å². The monoisotopic (exact) mass is 452 g/mol. The lowest BCUT2D eigenvalue weighted by Crippen LogP contribution is -2.34. The number of nitrogens with two attached hydrogens (primary N) is 1. The van der Waals surface area contributed by atoms with E-state index in [9.17, 15) is 8.42 Å². The van der Waals surface area contributed by atoms with E-state index in [4.69, 9.17) is 15.5 Å². The minimum atomic E-state index is -3.32. The number of fused-ring (bicyclic) bond motifs is 2. The van der Waals surface area contributed by atoms with Crippen molar-refractivity contribution in [1.82, 2.24) is 4.98 Å². The summed E-state index contributed by atoms with van der Waals surface area (Å²) in [6, 6.07) is 15.5. The molecule has 0 amide bonds. The molecule has 0 spiro atoms. The van der Waals surface area contributed by atoms with E-state index in [0.717, 1.165) is 33.5 Å². The second kappa shape index (κ2) is 8.03. The molecule has 168 valence electrons. The van der Waals surface area contributed by atoms with Crippen molar-refractivity contribution in [2.24, 2.45) is 5.73 Å². The SMILES string of the molecule is COC1CN(c2cc(N3CCS(=O)(=O)c4ccccc4C3)nc3ccc(C)cc23)CC1N.